The van der Waals surface area contributed by atoms with E-state index in [0.717, 1.165) is 0 Å². The Morgan fingerprint density at radius 2 is 1.64 bits per heavy atom. The van der Waals surface area contributed by atoms with Crippen LogP contribution in [0.4, 0.5) is 0 Å². The zero-order valence-electron chi connectivity index (χ0n) is 10.5. The Kier molecular flexibility index (Phi) is 23.9. The monoisotopic (exact) mass is 195 g/mol. The highest BCUT2D eigenvalue weighted by Gasteiger charge is 1.86. The molecule has 0 saturated carbocycles. The van der Waals surface area contributed by atoms with Gasteiger partial charge in [0.1, 0.15) is 0 Å². The van der Waals surface area contributed by atoms with Gasteiger partial charge in [-0.15, -0.1) is 5.73 Å². The highest BCUT2D eigenvalue weighted by molar-refractivity contribution is 5.28. The Hall–Kier alpha value is -1.04. The van der Waals surface area contributed by atoms with Crippen molar-refractivity contribution >= 4 is 0 Å². The molecule has 0 heterocycles. The lowest BCUT2D eigenvalue weighted by molar-refractivity contribution is 1.35. The van der Waals surface area contributed by atoms with Crippen LogP contribution in [0, 0.1) is 0 Å². The fourth-order valence-corrected chi connectivity index (χ4v) is 0.632. The molecule has 1 nitrogen and oxygen atoms in total. The molecular formula is C13H25N. The second-order valence-electron chi connectivity index (χ2n) is 2.14. The summed E-state index contributed by atoms with van der Waals surface area (Å²) in [4.78, 5) is 0. The molecule has 0 rings (SSSR count). The van der Waals surface area contributed by atoms with Crippen LogP contribution < -0.4 is 5.73 Å². The molecule has 0 aliphatic heterocycles. The van der Waals surface area contributed by atoms with E-state index in [9.17, 15) is 0 Å². The molecule has 0 saturated heterocycles. The lowest BCUT2D eigenvalue weighted by Gasteiger charge is -1.93. The first-order chi connectivity index (χ1) is 6.72. The Balaban J connectivity index is -0.000000266. The Morgan fingerprint density at radius 1 is 1.21 bits per heavy atom. The Labute approximate surface area is 89.7 Å². The molecule has 2 N–H and O–H groups in total. The molecule has 0 aromatic heterocycles. The molecule has 0 spiro atoms. The van der Waals surface area contributed by atoms with E-state index in [1.165, 1.54) is 18.2 Å². The van der Waals surface area contributed by atoms with Crippen LogP contribution in [0.2, 0.25) is 0 Å². The van der Waals surface area contributed by atoms with Gasteiger partial charge in [-0.1, -0.05) is 32.6 Å². The number of rotatable bonds is 2. The third kappa shape index (κ3) is 13.5. The highest BCUT2D eigenvalue weighted by Crippen LogP contribution is 2.05. The van der Waals surface area contributed by atoms with E-state index in [1.54, 1.807) is 6.08 Å². The van der Waals surface area contributed by atoms with Gasteiger partial charge in [-0.05, 0) is 45.0 Å². The summed E-state index contributed by atoms with van der Waals surface area (Å²) in [6.45, 7) is 13.7. The van der Waals surface area contributed by atoms with Gasteiger partial charge in [0.15, 0.2) is 0 Å². The van der Waals surface area contributed by atoms with Gasteiger partial charge in [0.05, 0.1) is 0 Å². The first kappa shape index (κ1) is 18.7. The first-order valence-corrected chi connectivity index (χ1v) is 4.97. The van der Waals surface area contributed by atoms with E-state index in [-0.39, 0.29) is 0 Å². The fraction of sp³-hybridized carbons (Fsp3) is 0.462. The molecule has 0 aromatic carbocycles. The SMILES string of the molecule is C=C/C=C(/C)C(C)=C=CC.CC.CN. The van der Waals surface area contributed by atoms with Gasteiger partial charge >= 0.3 is 0 Å². The fourth-order valence-electron chi connectivity index (χ4n) is 0.632. The smallest absolute Gasteiger partial charge is 0.00657 e. The normalized spacial score (nSPS) is 8.07. The van der Waals surface area contributed by atoms with Gasteiger partial charge in [-0.3, -0.25) is 0 Å². The molecular weight excluding hydrogens is 170 g/mol. The number of nitrogens with two attached hydrogens (primary N) is 1. The summed E-state index contributed by atoms with van der Waals surface area (Å²) in [5.74, 6) is 0. The molecule has 1 heteroatoms. The van der Waals surface area contributed by atoms with E-state index >= 15 is 0 Å². The highest BCUT2D eigenvalue weighted by atomic mass is 14.4. The molecule has 0 aliphatic rings. The van der Waals surface area contributed by atoms with Crippen LogP contribution >= 0.6 is 0 Å². The maximum atomic E-state index is 4.50. The molecule has 0 radical (unpaired) electrons. The average Bonchev–Trinajstić information content (AvgIpc) is 2.24. The molecule has 0 aromatic rings. The predicted octanol–water partition coefficient (Wildman–Crippen LogP) is 3.84. The van der Waals surface area contributed by atoms with Crippen LogP contribution in [0.25, 0.3) is 0 Å². The minimum absolute atomic E-state index is 1.17. The van der Waals surface area contributed by atoms with Gasteiger partial charge in [0.2, 0.25) is 0 Å². The summed E-state index contributed by atoms with van der Waals surface area (Å²) in [6, 6.07) is 0. The van der Waals surface area contributed by atoms with Crippen LogP contribution in [0.5, 0.6) is 0 Å². The van der Waals surface area contributed by atoms with Gasteiger partial charge < -0.3 is 5.73 Å². The van der Waals surface area contributed by atoms with Crippen LogP contribution in [0.3, 0.4) is 0 Å². The van der Waals surface area contributed by atoms with Gasteiger partial charge in [0, 0.05) is 0 Å². The third-order valence-corrected chi connectivity index (χ3v) is 1.32. The van der Waals surface area contributed by atoms with E-state index in [0.29, 0.717) is 0 Å². The predicted molar refractivity (Wildman–Crippen MR) is 68.4 cm³/mol. The van der Waals surface area contributed by atoms with Crippen molar-refractivity contribution < 1.29 is 0 Å². The molecule has 0 atom stereocenters. The number of hydrogen-bond donors (Lipinski definition) is 1. The second-order valence-corrected chi connectivity index (χ2v) is 2.14. The number of hydrogen-bond acceptors (Lipinski definition) is 1. The zero-order valence-corrected chi connectivity index (χ0v) is 10.5. The Bertz CT molecular complexity index is 203. The molecule has 0 bridgehead atoms. The second kappa shape index (κ2) is 17.9. The van der Waals surface area contributed by atoms with Gasteiger partial charge in [-0.25, -0.2) is 0 Å². The molecule has 0 amide bonds. The summed E-state index contributed by atoms with van der Waals surface area (Å²) in [5.41, 5.74) is 9.99. The van der Waals surface area contributed by atoms with E-state index in [2.05, 4.69) is 18.0 Å². The molecule has 0 unspecified atom stereocenters. The van der Waals surface area contributed by atoms with Crippen molar-refractivity contribution in [2.45, 2.75) is 34.6 Å². The van der Waals surface area contributed by atoms with Gasteiger partial charge in [0.25, 0.3) is 0 Å². The third-order valence-electron chi connectivity index (χ3n) is 1.32. The Morgan fingerprint density at radius 3 is 1.93 bits per heavy atom. The summed E-state index contributed by atoms with van der Waals surface area (Å²) in [7, 11) is 1.50. The molecule has 82 valence electrons. The summed E-state index contributed by atoms with van der Waals surface area (Å²) in [5, 5.41) is 0. The van der Waals surface area contributed by atoms with Crippen molar-refractivity contribution in [1.82, 2.24) is 0 Å². The van der Waals surface area contributed by atoms with Crippen molar-refractivity contribution in [2.24, 2.45) is 5.73 Å². The lowest BCUT2D eigenvalue weighted by atomic mass is 10.1. The summed E-state index contributed by atoms with van der Waals surface area (Å²) in [6.07, 6.45) is 5.68. The lowest BCUT2D eigenvalue weighted by Crippen LogP contribution is -1.74. The zero-order chi connectivity index (χ0) is 12.0. The van der Waals surface area contributed by atoms with Gasteiger partial charge in [-0.2, -0.15) is 0 Å². The van der Waals surface area contributed by atoms with Crippen LogP contribution in [0.1, 0.15) is 34.6 Å². The van der Waals surface area contributed by atoms with E-state index < -0.39 is 0 Å². The van der Waals surface area contributed by atoms with E-state index in [4.69, 9.17) is 0 Å². The molecule has 14 heavy (non-hydrogen) atoms. The minimum atomic E-state index is 1.17. The van der Waals surface area contributed by atoms with Crippen molar-refractivity contribution in [3.63, 3.8) is 0 Å². The largest absolute Gasteiger partial charge is 0.333 e. The van der Waals surface area contributed by atoms with Crippen molar-refractivity contribution in [3.8, 4) is 0 Å². The van der Waals surface area contributed by atoms with E-state index in [1.807, 2.05) is 46.8 Å². The first-order valence-electron chi connectivity index (χ1n) is 4.97. The van der Waals surface area contributed by atoms with Crippen molar-refractivity contribution in [2.75, 3.05) is 7.05 Å². The van der Waals surface area contributed by atoms with Crippen molar-refractivity contribution in [3.05, 3.63) is 41.7 Å². The summed E-state index contributed by atoms with van der Waals surface area (Å²) < 4.78 is 0. The van der Waals surface area contributed by atoms with Crippen LogP contribution in [-0.4, -0.2) is 7.05 Å². The maximum absolute atomic E-state index is 4.50. The molecule has 0 aliphatic carbocycles. The maximum Gasteiger partial charge on any atom is -0.00657 e. The van der Waals surface area contributed by atoms with Crippen molar-refractivity contribution in [1.29, 1.82) is 0 Å². The number of allylic oxidation sites excluding steroid dienone is 4. The van der Waals surface area contributed by atoms with Crippen LogP contribution in [-0.2, 0) is 0 Å². The topological polar surface area (TPSA) is 26.0 Å². The summed E-state index contributed by atoms with van der Waals surface area (Å²) >= 11 is 0. The minimum Gasteiger partial charge on any atom is -0.333 e. The standard InChI is InChI=1S/C10H14.C2H6.CH5N/c1-5-7-9(3)10(4)8-6-2;2*1-2/h5-7H,1H2,2-4H3;1-2H3;2H2,1H3/b9-7-;;. The molecule has 0 fully saturated rings. The average molecular weight is 195 g/mol. The quantitative estimate of drug-likeness (QED) is 0.526. The van der Waals surface area contributed by atoms with Crippen LogP contribution in [0.15, 0.2) is 41.7 Å².